The molecule has 0 amide bonds. The van der Waals surface area contributed by atoms with Crippen LogP contribution in [-0.4, -0.2) is 0 Å². The summed E-state index contributed by atoms with van der Waals surface area (Å²) in [6.07, 6.45) is 0. The van der Waals surface area contributed by atoms with E-state index in [1.165, 1.54) is 11.3 Å². The summed E-state index contributed by atoms with van der Waals surface area (Å²) in [5.74, 6) is 0. The van der Waals surface area contributed by atoms with Crippen LogP contribution in [0.5, 0.6) is 0 Å². The zero-order valence-electron chi connectivity index (χ0n) is 10.2. The third-order valence-electron chi connectivity index (χ3n) is 2.73. The summed E-state index contributed by atoms with van der Waals surface area (Å²) < 4.78 is 0. The number of rotatable bonds is 2. The number of hydrogen-bond acceptors (Lipinski definition) is 2. The Kier molecular flexibility index (Phi) is 3.86. The Morgan fingerprint density at radius 1 is 1.28 bits per heavy atom. The molecule has 1 aromatic heterocycles. The Balaban J connectivity index is 2.62. The smallest absolute Gasteiger partial charge is 0.102 e. The number of thiophene rings is 1. The first kappa shape index (κ1) is 12.9. The number of halogens is 1. The number of nitriles is 1. The van der Waals surface area contributed by atoms with Crippen LogP contribution in [0.25, 0.3) is 10.6 Å². The van der Waals surface area contributed by atoms with Crippen molar-refractivity contribution in [1.82, 2.24) is 0 Å². The molecule has 0 spiro atoms. The SMILES string of the molecule is Cc1ccc(C)c(C(Cl)=C(C#N)c2cccs2)c1. The van der Waals surface area contributed by atoms with Gasteiger partial charge in [-0.15, -0.1) is 11.3 Å². The molecule has 1 aromatic carbocycles. The molecule has 0 N–H and O–H groups in total. The molecule has 0 aliphatic carbocycles. The van der Waals surface area contributed by atoms with Crippen LogP contribution in [0.3, 0.4) is 0 Å². The predicted molar refractivity (Wildman–Crippen MR) is 78.5 cm³/mol. The lowest BCUT2D eigenvalue weighted by molar-refractivity contribution is 1.37. The molecule has 0 saturated carbocycles. The van der Waals surface area contributed by atoms with Gasteiger partial charge in [0, 0.05) is 4.88 Å². The molecule has 18 heavy (non-hydrogen) atoms. The highest BCUT2D eigenvalue weighted by atomic mass is 35.5. The van der Waals surface area contributed by atoms with Gasteiger partial charge in [0.15, 0.2) is 0 Å². The molecule has 0 aliphatic heterocycles. The number of nitrogens with zero attached hydrogens (tertiary/aromatic N) is 1. The second-order valence-corrected chi connectivity index (χ2v) is 5.42. The van der Waals surface area contributed by atoms with Gasteiger partial charge in [0.05, 0.1) is 10.6 Å². The van der Waals surface area contributed by atoms with Gasteiger partial charge in [-0.25, -0.2) is 0 Å². The molecule has 0 fully saturated rings. The highest BCUT2D eigenvalue weighted by molar-refractivity contribution is 7.11. The highest BCUT2D eigenvalue weighted by Gasteiger charge is 2.12. The minimum Gasteiger partial charge on any atom is -0.192 e. The van der Waals surface area contributed by atoms with E-state index in [0.29, 0.717) is 10.6 Å². The molecule has 0 unspecified atom stereocenters. The van der Waals surface area contributed by atoms with Crippen molar-refractivity contribution in [3.63, 3.8) is 0 Å². The first-order valence-corrected chi connectivity index (χ1v) is 6.80. The fraction of sp³-hybridized carbons (Fsp3) is 0.133. The van der Waals surface area contributed by atoms with E-state index in [1.54, 1.807) is 0 Å². The summed E-state index contributed by atoms with van der Waals surface area (Å²) in [4.78, 5) is 0.906. The summed E-state index contributed by atoms with van der Waals surface area (Å²) in [5.41, 5.74) is 3.69. The fourth-order valence-electron chi connectivity index (χ4n) is 1.74. The van der Waals surface area contributed by atoms with Crippen molar-refractivity contribution in [2.24, 2.45) is 0 Å². The van der Waals surface area contributed by atoms with E-state index in [2.05, 4.69) is 6.07 Å². The molecule has 0 radical (unpaired) electrons. The van der Waals surface area contributed by atoms with Crippen LogP contribution < -0.4 is 0 Å². The fourth-order valence-corrected chi connectivity index (χ4v) is 2.87. The van der Waals surface area contributed by atoms with Gasteiger partial charge in [-0.2, -0.15) is 5.26 Å². The molecule has 90 valence electrons. The van der Waals surface area contributed by atoms with Gasteiger partial charge in [-0.05, 0) is 36.4 Å². The number of hydrogen-bond donors (Lipinski definition) is 0. The molecule has 2 aromatic rings. The van der Waals surface area contributed by atoms with E-state index < -0.39 is 0 Å². The Morgan fingerprint density at radius 2 is 2.06 bits per heavy atom. The summed E-state index contributed by atoms with van der Waals surface area (Å²) >= 11 is 7.93. The maximum atomic E-state index is 9.30. The number of aryl methyl sites for hydroxylation is 2. The largest absolute Gasteiger partial charge is 0.192 e. The average Bonchev–Trinajstić information content (AvgIpc) is 2.87. The van der Waals surface area contributed by atoms with Crippen LogP contribution in [0.4, 0.5) is 0 Å². The van der Waals surface area contributed by atoms with Crippen LogP contribution in [0, 0.1) is 25.2 Å². The standard InChI is InChI=1S/C15H12ClNS/c1-10-5-6-11(2)12(8-10)15(16)13(9-17)14-4-3-7-18-14/h3-8H,1-2H3. The van der Waals surface area contributed by atoms with Crippen molar-refractivity contribution >= 4 is 33.5 Å². The molecule has 0 saturated heterocycles. The van der Waals surface area contributed by atoms with E-state index in [4.69, 9.17) is 11.6 Å². The van der Waals surface area contributed by atoms with Gasteiger partial charge in [-0.3, -0.25) is 0 Å². The van der Waals surface area contributed by atoms with Crippen LogP contribution >= 0.6 is 22.9 Å². The third kappa shape index (κ3) is 2.48. The summed E-state index contributed by atoms with van der Waals surface area (Å²) in [7, 11) is 0. The van der Waals surface area contributed by atoms with Gasteiger partial charge in [0.1, 0.15) is 6.07 Å². The quantitative estimate of drug-likeness (QED) is 0.707. The van der Waals surface area contributed by atoms with Crippen molar-refractivity contribution in [1.29, 1.82) is 5.26 Å². The van der Waals surface area contributed by atoms with Gasteiger partial charge in [0.2, 0.25) is 0 Å². The van der Waals surface area contributed by atoms with E-state index >= 15 is 0 Å². The average molecular weight is 274 g/mol. The molecule has 2 rings (SSSR count). The third-order valence-corrected chi connectivity index (χ3v) is 4.01. The van der Waals surface area contributed by atoms with Gasteiger partial charge in [0.25, 0.3) is 0 Å². The maximum absolute atomic E-state index is 9.30. The van der Waals surface area contributed by atoms with Crippen molar-refractivity contribution in [2.75, 3.05) is 0 Å². The highest BCUT2D eigenvalue weighted by Crippen LogP contribution is 2.33. The van der Waals surface area contributed by atoms with Crippen LogP contribution in [0.15, 0.2) is 35.7 Å². The predicted octanol–water partition coefficient (Wildman–Crippen LogP) is 5.00. The lowest BCUT2D eigenvalue weighted by Crippen LogP contribution is -1.89. The Labute approximate surface area is 116 Å². The first-order valence-electron chi connectivity index (χ1n) is 5.55. The topological polar surface area (TPSA) is 23.8 Å². The van der Waals surface area contributed by atoms with Crippen LogP contribution in [0.2, 0.25) is 0 Å². The van der Waals surface area contributed by atoms with E-state index in [9.17, 15) is 5.26 Å². The molecule has 0 aliphatic rings. The molecular weight excluding hydrogens is 262 g/mol. The molecular formula is C15H12ClNS. The van der Waals surface area contributed by atoms with Crippen molar-refractivity contribution < 1.29 is 0 Å². The van der Waals surface area contributed by atoms with Crippen molar-refractivity contribution in [3.8, 4) is 6.07 Å². The second kappa shape index (κ2) is 5.39. The molecule has 1 heterocycles. The van der Waals surface area contributed by atoms with E-state index in [0.717, 1.165) is 21.6 Å². The summed E-state index contributed by atoms with van der Waals surface area (Å²) in [6, 6.07) is 12.1. The van der Waals surface area contributed by atoms with E-state index in [1.807, 2.05) is 49.6 Å². The zero-order valence-corrected chi connectivity index (χ0v) is 11.8. The molecule has 3 heteroatoms. The summed E-state index contributed by atoms with van der Waals surface area (Å²) in [6.45, 7) is 4.02. The summed E-state index contributed by atoms with van der Waals surface area (Å²) in [5, 5.41) is 11.8. The zero-order chi connectivity index (χ0) is 13.1. The normalized spacial score (nSPS) is 11.9. The Morgan fingerprint density at radius 3 is 2.67 bits per heavy atom. The van der Waals surface area contributed by atoms with Gasteiger partial charge >= 0.3 is 0 Å². The second-order valence-electron chi connectivity index (χ2n) is 4.10. The van der Waals surface area contributed by atoms with Crippen LogP contribution in [0.1, 0.15) is 21.6 Å². The minimum atomic E-state index is 0.529. The molecule has 0 bridgehead atoms. The molecule has 0 atom stereocenters. The lowest BCUT2D eigenvalue weighted by Gasteiger charge is -2.07. The van der Waals surface area contributed by atoms with Gasteiger partial charge in [-0.1, -0.05) is 41.4 Å². The Hall–Kier alpha value is -1.56. The first-order chi connectivity index (χ1) is 8.63. The lowest BCUT2D eigenvalue weighted by atomic mass is 10.0. The van der Waals surface area contributed by atoms with Crippen molar-refractivity contribution in [2.45, 2.75) is 13.8 Å². The number of allylic oxidation sites excluding steroid dienone is 1. The van der Waals surface area contributed by atoms with Crippen molar-refractivity contribution in [3.05, 3.63) is 57.3 Å². The number of benzene rings is 1. The minimum absolute atomic E-state index is 0.529. The van der Waals surface area contributed by atoms with E-state index in [-0.39, 0.29) is 0 Å². The van der Waals surface area contributed by atoms with Gasteiger partial charge < -0.3 is 0 Å². The van der Waals surface area contributed by atoms with Crippen LogP contribution in [-0.2, 0) is 0 Å². The maximum Gasteiger partial charge on any atom is 0.102 e. The monoisotopic (exact) mass is 273 g/mol. The Bertz CT molecular complexity index is 633. The molecule has 1 nitrogen and oxygen atoms in total.